The Morgan fingerprint density at radius 3 is 2.23 bits per heavy atom. The van der Waals surface area contributed by atoms with E-state index >= 15 is 0 Å². The Kier molecular flexibility index (Phi) is 5.69. The van der Waals surface area contributed by atoms with Crippen LogP contribution in [0.2, 0.25) is 0 Å². The van der Waals surface area contributed by atoms with Crippen molar-refractivity contribution in [2.24, 2.45) is 0 Å². The summed E-state index contributed by atoms with van der Waals surface area (Å²) >= 11 is 5.60. The highest BCUT2D eigenvalue weighted by atomic mass is 32.1. The van der Waals surface area contributed by atoms with Gasteiger partial charge >= 0.3 is 0 Å². The number of hydrogen-bond donors (Lipinski definition) is 2. The van der Waals surface area contributed by atoms with Crippen LogP contribution in [-0.2, 0) is 0 Å². The second-order valence-corrected chi connectivity index (χ2v) is 7.08. The van der Waals surface area contributed by atoms with Crippen molar-refractivity contribution in [3.05, 3.63) is 101 Å². The van der Waals surface area contributed by atoms with Gasteiger partial charge in [-0.1, -0.05) is 66.2 Å². The van der Waals surface area contributed by atoms with Crippen LogP contribution >= 0.6 is 12.2 Å². The molecule has 0 aliphatic carbocycles. The van der Waals surface area contributed by atoms with E-state index in [0.29, 0.717) is 5.11 Å². The highest BCUT2D eigenvalue weighted by molar-refractivity contribution is 7.80. The standard InChI is InChI=1S/C23H24N2S/c1-16-8-7-11-20(15-16)24-23(26)25-22(19-9-5-4-6-10-19)21-13-12-17(2)14-18(21)3/h4-15,22H,1-3H3,(H2,24,25,26). The van der Waals surface area contributed by atoms with Crippen molar-refractivity contribution in [2.75, 3.05) is 5.32 Å². The third kappa shape index (κ3) is 4.50. The lowest BCUT2D eigenvalue weighted by Crippen LogP contribution is -2.33. The zero-order chi connectivity index (χ0) is 18.5. The molecule has 1 unspecified atom stereocenters. The first-order valence-corrected chi connectivity index (χ1v) is 9.20. The first-order chi connectivity index (χ1) is 12.5. The molecule has 0 aliphatic heterocycles. The molecule has 3 rings (SSSR count). The van der Waals surface area contributed by atoms with Crippen LogP contribution in [0.4, 0.5) is 5.69 Å². The van der Waals surface area contributed by atoms with Crippen molar-refractivity contribution in [1.82, 2.24) is 5.32 Å². The van der Waals surface area contributed by atoms with Crippen LogP contribution in [0.1, 0.15) is 33.9 Å². The van der Waals surface area contributed by atoms with Crippen LogP contribution in [0, 0.1) is 20.8 Å². The highest BCUT2D eigenvalue weighted by Gasteiger charge is 2.17. The van der Waals surface area contributed by atoms with Crippen molar-refractivity contribution in [3.63, 3.8) is 0 Å². The molecule has 2 nitrogen and oxygen atoms in total. The van der Waals surface area contributed by atoms with Crippen molar-refractivity contribution < 1.29 is 0 Å². The Morgan fingerprint density at radius 2 is 1.54 bits per heavy atom. The maximum atomic E-state index is 5.60. The molecule has 3 aromatic carbocycles. The van der Waals surface area contributed by atoms with Crippen molar-refractivity contribution in [3.8, 4) is 0 Å². The number of benzene rings is 3. The molecule has 0 saturated carbocycles. The Labute approximate surface area is 161 Å². The molecular formula is C23H24N2S. The van der Waals surface area contributed by atoms with Gasteiger partial charge in [0, 0.05) is 5.69 Å². The van der Waals surface area contributed by atoms with Gasteiger partial charge in [0.05, 0.1) is 6.04 Å². The van der Waals surface area contributed by atoms with Crippen molar-refractivity contribution in [1.29, 1.82) is 0 Å². The van der Waals surface area contributed by atoms with E-state index in [1.54, 1.807) is 0 Å². The summed E-state index contributed by atoms with van der Waals surface area (Å²) in [6, 6.07) is 25.2. The lowest BCUT2D eigenvalue weighted by atomic mass is 9.94. The molecule has 0 saturated heterocycles. The molecule has 0 heterocycles. The van der Waals surface area contributed by atoms with Gasteiger partial charge in [0.15, 0.2) is 5.11 Å². The maximum absolute atomic E-state index is 5.60. The summed E-state index contributed by atoms with van der Waals surface area (Å²) in [7, 11) is 0. The largest absolute Gasteiger partial charge is 0.352 e. The summed E-state index contributed by atoms with van der Waals surface area (Å²) in [5.41, 5.74) is 7.13. The summed E-state index contributed by atoms with van der Waals surface area (Å²) in [6.45, 7) is 6.34. The van der Waals surface area contributed by atoms with Crippen LogP contribution in [-0.4, -0.2) is 5.11 Å². The van der Waals surface area contributed by atoms with Gasteiger partial charge in [0.25, 0.3) is 0 Å². The highest BCUT2D eigenvalue weighted by Crippen LogP contribution is 2.26. The SMILES string of the molecule is Cc1cccc(NC(=S)NC(c2ccccc2)c2ccc(C)cc2C)c1. The monoisotopic (exact) mass is 360 g/mol. The van der Waals surface area contributed by atoms with E-state index in [0.717, 1.165) is 5.69 Å². The van der Waals surface area contributed by atoms with Crippen LogP contribution in [0.15, 0.2) is 72.8 Å². The first-order valence-electron chi connectivity index (χ1n) is 8.79. The minimum atomic E-state index is 0.00149. The minimum Gasteiger partial charge on any atom is -0.352 e. The van der Waals surface area contributed by atoms with Crippen molar-refractivity contribution in [2.45, 2.75) is 26.8 Å². The quantitative estimate of drug-likeness (QED) is 0.585. The molecule has 0 bridgehead atoms. The Morgan fingerprint density at radius 1 is 0.808 bits per heavy atom. The Hall–Kier alpha value is -2.65. The zero-order valence-corrected chi connectivity index (χ0v) is 16.2. The second-order valence-electron chi connectivity index (χ2n) is 6.67. The molecule has 1 atom stereocenters. The average Bonchev–Trinajstić information content (AvgIpc) is 2.61. The summed E-state index contributed by atoms with van der Waals surface area (Å²) in [6.07, 6.45) is 0. The van der Waals surface area contributed by atoms with Crippen molar-refractivity contribution >= 4 is 23.0 Å². The predicted octanol–water partition coefficient (Wildman–Crippen LogP) is 5.69. The number of nitrogens with one attached hydrogen (secondary N) is 2. The van der Waals surface area contributed by atoms with E-state index < -0.39 is 0 Å². The molecule has 0 spiro atoms. The molecule has 3 aromatic rings. The number of anilines is 1. The van der Waals surface area contributed by atoms with E-state index in [2.05, 4.69) is 86.0 Å². The molecule has 0 amide bonds. The van der Waals surface area contributed by atoms with Gasteiger partial charge in [-0.15, -0.1) is 0 Å². The summed E-state index contributed by atoms with van der Waals surface area (Å²) in [5.74, 6) is 0. The van der Waals surface area contributed by atoms with Crippen LogP contribution < -0.4 is 10.6 Å². The Bertz CT molecular complexity index is 903. The number of aryl methyl sites for hydroxylation is 3. The van der Waals surface area contributed by atoms with Gasteiger partial charge in [-0.05, 0) is 67.4 Å². The Balaban J connectivity index is 1.87. The third-order valence-electron chi connectivity index (χ3n) is 4.42. The summed E-state index contributed by atoms with van der Waals surface area (Å²) in [5, 5.41) is 7.42. The van der Waals surface area contributed by atoms with Crippen LogP contribution in [0.3, 0.4) is 0 Å². The van der Waals surface area contributed by atoms with Gasteiger partial charge in [-0.25, -0.2) is 0 Å². The molecule has 26 heavy (non-hydrogen) atoms. The fourth-order valence-corrected chi connectivity index (χ4v) is 3.39. The second kappa shape index (κ2) is 8.15. The molecule has 3 heteroatoms. The van der Waals surface area contributed by atoms with E-state index in [1.807, 2.05) is 18.2 Å². The lowest BCUT2D eigenvalue weighted by molar-refractivity contribution is 0.762. The summed E-state index contributed by atoms with van der Waals surface area (Å²) < 4.78 is 0. The van der Waals surface area contributed by atoms with Gasteiger partial charge in [0.2, 0.25) is 0 Å². The molecule has 0 radical (unpaired) electrons. The fourth-order valence-electron chi connectivity index (χ4n) is 3.16. The number of thiocarbonyl (C=S) groups is 1. The topological polar surface area (TPSA) is 24.1 Å². The first kappa shape index (κ1) is 18.2. The van der Waals surface area contributed by atoms with Crippen LogP contribution in [0.25, 0.3) is 0 Å². The van der Waals surface area contributed by atoms with Gasteiger partial charge in [-0.2, -0.15) is 0 Å². The average molecular weight is 361 g/mol. The number of rotatable bonds is 4. The van der Waals surface area contributed by atoms with Gasteiger partial charge in [-0.3, -0.25) is 0 Å². The van der Waals surface area contributed by atoms with E-state index in [-0.39, 0.29) is 6.04 Å². The molecule has 132 valence electrons. The smallest absolute Gasteiger partial charge is 0.171 e. The maximum Gasteiger partial charge on any atom is 0.171 e. The lowest BCUT2D eigenvalue weighted by Gasteiger charge is -2.24. The van der Waals surface area contributed by atoms with Crippen LogP contribution in [0.5, 0.6) is 0 Å². The van der Waals surface area contributed by atoms with E-state index in [4.69, 9.17) is 12.2 Å². The number of hydrogen-bond acceptors (Lipinski definition) is 1. The fraction of sp³-hybridized carbons (Fsp3) is 0.174. The minimum absolute atomic E-state index is 0.00149. The van der Waals surface area contributed by atoms with Gasteiger partial charge in [0.1, 0.15) is 0 Å². The summed E-state index contributed by atoms with van der Waals surface area (Å²) in [4.78, 5) is 0. The molecule has 0 aliphatic rings. The molecule has 0 aromatic heterocycles. The van der Waals surface area contributed by atoms with E-state index in [9.17, 15) is 0 Å². The zero-order valence-electron chi connectivity index (χ0n) is 15.4. The third-order valence-corrected chi connectivity index (χ3v) is 4.64. The van der Waals surface area contributed by atoms with E-state index in [1.165, 1.54) is 27.8 Å². The predicted molar refractivity (Wildman–Crippen MR) is 115 cm³/mol. The van der Waals surface area contributed by atoms with Gasteiger partial charge < -0.3 is 10.6 Å². The molecule has 0 fully saturated rings. The molecule has 2 N–H and O–H groups in total. The molecular weight excluding hydrogens is 336 g/mol. The normalized spacial score (nSPS) is 11.7.